The van der Waals surface area contributed by atoms with Crippen LogP contribution in [0.1, 0.15) is 38.0 Å². The van der Waals surface area contributed by atoms with E-state index in [2.05, 4.69) is 40.9 Å². The van der Waals surface area contributed by atoms with E-state index in [9.17, 15) is 4.79 Å². The first-order valence-electron chi connectivity index (χ1n) is 8.71. The number of amides is 1. The molecule has 2 rings (SSSR count). The van der Waals surface area contributed by atoms with Gasteiger partial charge in [-0.1, -0.05) is 19.9 Å². The number of carbonyl (C=O) groups is 1. The Morgan fingerprint density at radius 1 is 1.28 bits per heavy atom. The standard InChI is InChI=1S/C18H30N4OS.HI/c1-13-8-14(2)10-15(9-13)21-18(20-12-17(23)22(3)4)19-11-16-6-5-7-24-16;/h5-7,13-15H,8-12H2,1-4H3,(H2,19,20,21);1H. The van der Waals surface area contributed by atoms with E-state index in [-0.39, 0.29) is 36.4 Å². The molecule has 2 atom stereocenters. The normalized spacial score (nSPS) is 23.5. The fourth-order valence-electron chi connectivity index (χ4n) is 3.28. The fourth-order valence-corrected chi connectivity index (χ4v) is 3.93. The number of guanidine groups is 1. The van der Waals surface area contributed by atoms with Crippen LogP contribution in [-0.2, 0) is 11.3 Å². The van der Waals surface area contributed by atoms with Crippen molar-refractivity contribution in [2.24, 2.45) is 16.8 Å². The maximum Gasteiger partial charge on any atom is 0.243 e. The van der Waals surface area contributed by atoms with Crippen molar-refractivity contribution in [3.63, 3.8) is 0 Å². The van der Waals surface area contributed by atoms with Crippen molar-refractivity contribution in [2.75, 3.05) is 20.6 Å². The van der Waals surface area contributed by atoms with E-state index >= 15 is 0 Å². The van der Waals surface area contributed by atoms with Crippen LogP contribution < -0.4 is 10.6 Å². The zero-order chi connectivity index (χ0) is 17.5. The van der Waals surface area contributed by atoms with Gasteiger partial charge in [0.1, 0.15) is 6.54 Å². The number of carbonyl (C=O) groups excluding carboxylic acids is 1. The van der Waals surface area contributed by atoms with E-state index in [1.165, 1.54) is 11.3 Å². The quantitative estimate of drug-likeness (QED) is 0.388. The number of halogens is 1. The Labute approximate surface area is 172 Å². The van der Waals surface area contributed by atoms with Crippen LogP contribution in [0.4, 0.5) is 0 Å². The van der Waals surface area contributed by atoms with E-state index < -0.39 is 0 Å². The Morgan fingerprint density at radius 3 is 2.52 bits per heavy atom. The molecule has 0 spiro atoms. The van der Waals surface area contributed by atoms with Crippen LogP contribution in [0.2, 0.25) is 0 Å². The molecule has 5 nitrogen and oxygen atoms in total. The van der Waals surface area contributed by atoms with Gasteiger partial charge in [0.2, 0.25) is 5.91 Å². The van der Waals surface area contributed by atoms with E-state index in [0.29, 0.717) is 6.04 Å². The molecule has 1 aliphatic rings. The van der Waals surface area contributed by atoms with Gasteiger partial charge in [-0.25, -0.2) is 4.99 Å². The third kappa shape index (κ3) is 7.94. The molecule has 0 saturated heterocycles. The van der Waals surface area contributed by atoms with Gasteiger partial charge in [-0.3, -0.25) is 4.79 Å². The summed E-state index contributed by atoms with van der Waals surface area (Å²) in [5.74, 6) is 2.21. The predicted molar refractivity (Wildman–Crippen MR) is 117 cm³/mol. The Hall–Kier alpha value is -0.830. The minimum absolute atomic E-state index is 0. The highest BCUT2D eigenvalue weighted by atomic mass is 127. The van der Waals surface area contributed by atoms with Crippen LogP contribution in [0.15, 0.2) is 22.5 Å². The van der Waals surface area contributed by atoms with E-state index in [0.717, 1.165) is 37.2 Å². The summed E-state index contributed by atoms with van der Waals surface area (Å²) in [6.45, 7) is 5.54. The lowest BCUT2D eigenvalue weighted by Gasteiger charge is -2.33. The summed E-state index contributed by atoms with van der Waals surface area (Å²) in [4.78, 5) is 19.2. The largest absolute Gasteiger partial charge is 0.354 e. The number of rotatable bonds is 5. The van der Waals surface area contributed by atoms with Gasteiger partial charge < -0.3 is 15.5 Å². The highest BCUT2D eigenvalue weighted by molar-refractivity contribution is 14.0. The minimum atomic E-state index is 0. The van der Waals surface area contributed by atoms with E-state index in [1.54, 1.807) is 30.3 Å². The summed E-state index contributed by atoms with van der Waals surface area (Å²) in [5.41, 5.74) is 0. The Morgan fingerprint density at radius 2 is 1.96 bits per heavy atom. The second kappa shape index (κ2) is 11.0. The first-order chi connectivity index (χ1) is 11.4. The van der Waals surface area contributed by atoms with Gasteiger partial charge in [-0.2, -0.15) is 0 Å². The molecule has 25 heavy (non-hydrogen) atoms. The van der Waals surface area contributed by atoms with Crippen LogP contribution in [-0.4, -0.2) is 43.4 Å². The molecule has 0 aromatic carbocycles. The zero-order valence-electron chi connectivity index (χ0n) is 15.6. The summed E-state index contributed by atoms with van der Waals surface area (Å²) < 4.78 is 0. The Bertz CT molecular complexity index is 537. The lowest BCUT2D eigenvalue weighted by molar-refractivity contribution is -0.127. The average Bonchev–Trinajstić information content (AvgIpc) is 3.01. The van der Waals surface area contributed by atoms with Crippen LogP contribution in [0, 0.1) is 11.8 Å². The second-order valence-corrected chi connectivity index (χ2v) is 8.18. The van der Waals surface area contributed by atoms with E-state index in [4.69, 9.17) is 0 Å². The summed E-state index contributed by atoms with van der Waals surface area (Å²) in [7, 11) is 3.52. The van der Waals surface area contributed by atoms with Crippen molar-refractivity contribution in [1.29, 1.82) is 0 Å². The summed E-state index contributed by atoms with van der Waals surface area (Å²) >= 11 is 1.72. The molecule has 0 radical (unpaired) electrons. The predicted octanol–water partition coefficient (Wildman–Crippen LogP) is 3.31. The molecule has 1 heterocycles. The molecule has 1 saturated carbocycles. The number of thiophene rings is 1. The molecule has 2 unspecified atom stereocenters. The highest BCUT2D eigenvalue weighted by Gasteiger charge is 2.24. The average molecular weight is 478 g/mol. The molecule has 1 amide bonds. The molecule has 0 bridgehead atoms. The fraction of sp³-hybridized carbons (Fsp3) is 0.667. The lowest BCUT2D eigenvalue weighted by atomic mass is 9.80. The maximum absolute atomic E-state index is 11.8. The molecule has 7 heteroatoms. The van der Waals surface area contributed by atoms with E-state index in [1.807, 2.05) is 6.07 Å². The van der Waals surface area contributed by atoms with Gasteiger partial charge in [0, 0.05) is 25.0 Å². The van der Waals surface area contributed by atoms with Crippen molar-refractivity contribution in [1.82, 2.24) is 15.5 Å². The van der Waals surface area contributed by atoms with Gasteiger partial charge in [-0.15, -0.1) is 35.3 Å². The van der Waals surface area contributed by atoms with Gasteiger partial charge in [0.15, 0.2) is 5.96 Å². The van der Waals surface area contributed by atoms with Crippen LogP contribution in [0.5, 0.6) is 0 Å². The third-order valence-corrected chi connectivity index (χ3v) is 5.28. The monoisotopic (exact) mass is 478 g/mol. The van der Waals surface area contributed by atoms with Gasteiger partial charge >= 0.3 is 0 Å². The number of hydrogen-bond acceptors (Lipinski definition) is 3. The number of hydrogen-bond donors (Lipinski definition) is 2. The van der Waals surface area contributed by atoms with Crippen molar-refractivity contribution in [3.8, 4) is 0 Å². The zero-order valence-corrected chi connectivity index (χ0v) is 18.8. The smallest absolute Gasteiger partial charge is 0.243 e. The number of nitrogens with zero attached hydrogens (tertiary/aromatic N) is 2. The molecule has 0 aliphatic heterocycles. The van der Waals surface area contributed by atoms with Crippen LogP contribution in [0.25, 0.3) is 0 Å². The van der Waals surface area contributed by atoms with Crippen molar-refractivity contribution >= 4 is 47.2 Å². The first-order valence-corrected chi connectivity index (χ1v) is 9.59. The SMILES string of the molecule is CC1CC(C)CC(NC(=NCC(=O)N(C)C)NCc2cccs2)C1.I. The molecule has 1 aromatic heterocycles. The van der Waals surface area contributed by atoms with Crippen LogP contribution in [0.3, 0.4) is 0 Å². The maximum atomic E-state index is 11.8. The van der Waals surface area contributed by atoms with Gasteiger partial charge in [0.25, 0.3) is 0 Å². The van der Waals surface area contributed by atoms with Crippen molar-refractivity contribution in [2.45, 2.75) is 45.7 Å². The molecule has 1 fully saturated rings. The summed E-state index contributed by atoms with van der Waals surface area (Å²) in [5, 5.41) is 8.99. The lowest BCUT2D eigenvalue weighted by Crippen LogP contribution is -2.46. The van der Waals surface area contributed by atoms with Crippen LogP contribution >= 0.6 is 35.3 Å². The summed E-state index contributed by atoms with van der Waals surface area (Å²) in [6.07, 6.45) is 3.61. The van der Waals surface area contributed by atoms with Crippen molar-refractivity contribution in [3.05, 3.63) is 22.4 Å². The van der Waals surface area contributed by atoms with Crippen molar-refractivity contribution < 1.29 is 4.79 Å². The molecule has 2 N–H and O–H groups in total. The number of aliphatic imine (C=N–C) groups is 1. The topological polar surface area (TPSA) is 56.7 Å². The minimum Gasteiger partial charge on any atom is -0.354 e. The Kier molecular flexibility index (Phi) is 9.78. The molecule has 1 aliphatic carbocycles. The number of nitrogens with one attached hydrogen (secondary N) is 2. The second-order valence-electron chi connectivity index (χ2n) is 7.14. The third-order valence-electron chi connectivity index (χ3n) is 4.40. The Balaban J connectivity index is 0.00000312. The highest BCUT2D eigenvalue weighted by Crippen LogP contribution is 2.28. The van der Waals surface area contributed by atoms with Gasteiger partial charge in [0.05, 0.1) is 6.54 Å². The summed E-state index contributed by atoms with van der Waals surface area (Å²) in [6, 6.07) is 4.57. The molecule has 1 aromatic rings. The molecular weight excluding hydrogens is 447 g/mol. The van der Waals surface area contributed by atoms with Gasteiger partial charge in [-0.05, 0) is 42.5 Å². The first kappa shape index (κ1) is 22.2. The molecular formula is C18H31IN4OS. The molecule has 142 valence electrons. The number of likely N-dealkylation sites (N-methyl/N-ethyl adjacent to an activating group) is 1.